The summed E-state index contributed by atoms with van der Waals surface area (Å²) in [6.45, 7) is 3.97. The molecule has 0 aliphatic heterocycles. The maximum Gasteiger partial charge on any atom is 0.416 e. The van der Waals surface area contributed by atoms with E-state index in [1.165, 1.54) is 24.3 Å². The molecule has 0 fully saturated rings. The molecule has 30 heavy (non-hydrogen) atoms. The zero-order valence-corrected chi connectivity index (χ0v) is 17.5. The summed E-state index contributed by atoms with van der Waals surface area (Å²) in [6, 6.07) is 10.5. The molecule has 1 heterocycles. The van der Waals surface area contributed by atoms with Crippen LogP contribution in [0, 0.1) is 0 Å². The van der Waals surface area contributed by atoms with E-state index < -0.39 is 21.8 Å². The van der Waals surface area contributed by atoms with Crippen LogP contribution in [0.25, 0.3) is 11.1 Å². The molecule has 5 nitrogen and oxygen atoms in total. The van der Waals surface area contributed by atoms with E-state index in [0.717, 1.165) is 24.0 Å². The molecule has 0 amide bonds. The number of anilines is 1. The lowest BCUT2D eigenvalue weighted by molar-refractivity contribution is -0.137. The maximum absolute atomic E-state index is 12.8. The predicted octanol–water partition coefficient (Wildman–Crippen LogP) is 5.74. The molecule has 0 saturated heterocycles. The van der Waals surface area contributed by atoms with Crippen molar-refractivity contribution < 1.29 is 21.6 Å². The zero-order valence-electron chi connectivity index (χ0n) is 15.9. The van der Waals surface area contributed by atoms with E-state index >= 15 is 0 Å². The van der Waals surface area contributed by atoms with Crippen LogP contribution in [0.15, 0.2) is 59.8 Å². The van der Waals surface area contributed by atoms with Crippen molar-refractivity contribution >= 4 is 27.4 Å². The fourth-order valence-electron chi connectivity index (χ4n) is 2.74. The Labute approximate surface area is 177 Å². The van der Waals surface area contributed by atoms with E-state index in [0.29, 0.717) is 0 Å². The van der Waals surface area contributed by atoms with Gasteiger partial charge >= 0.3 is 6.18 Å². The molecule has 3 rings (SSSR count). The third-order valence-electron chi connectivity index (χ3n) is 4.39. The fraction of sp³-hybridized carbons (Fsp3) is 0.200. The molecule has 0 aliphatic rings. The molecule has 1 aromatic heterocycles. The minimum Gasteiger partial charge on any atom is -0.263 e. The number of halogens is 4. The van der Waals surface area contributed by atoms with Gasteiger partial charge in [0.15, 0.2) is 5.82 Å². The van der Waals surface area contributed by atoms with Crippen molar-refractivity contribution in [3.8, 4) is 11.1 Å². The van der Waals surface area contributed by atoms with E-state index in [4.69, 9.17) is 11.6 Å². The maximum atomic E-state index is 12.8. The van der Waals surface area contributed by atoms with Gasteiger partial charge in [0.05, 0.1) is 16.0 Å². The van der Waals surface area contributed by atoms with Crippen LogP contribution in [0.4, 0.5) is 19.0 Å². The van der Waals surface area contributed by atoms with Gasteiger partial charge in [-0.3, -0.25) is 4.72 Å². The molecule has 0 unspecified atom stereocenters. The first-order valence-electron chi connectivity index (χ1n) is 8.80. The Morgan fingerprint density at radius 3 is 2.10 bits per heavy atom. The lowest BCUT2D eigenvalue weighted by atomic mass is 10.0. The molecule has 0 radical (unpaired) electrons. The predicted molar refractivity (Wildman–Crippen MR) is 109 cm³/mol. The average molecular weight is 456 g/mol. The number of nitrogens with one attached hydrogen (secondary N) is 1. The summed E-state index contributed by atoms with van der Waals surface area (Å²) in [5.41, 5.74) is 0.452. The second-order valence-corrected chi connectivity index (χ2v) is 8.83. The number of rotatable bonds is 5. The SMILES string of the molecule is CC(C)c1ccc(S(=O)(=O)Nc2ncnc(Cl)c2-c2ccc(C(F)(F)F)cc2)cc1. The summed E-state index contributed by atoms with van der Waals surface area (Å²) in [5.74, 6) is 0.101. The zero-order chi connectivity index (χ0) is 22.1. The van der Waals surface area contributed by atoms with Crippen molar-refractivity contribution in [3.63, 3.8) is 0 Å². The second kappa shape index (κ2) is 8.23. The number of aromatic nitrogens is 2. The number of hydrogen-bond acceptors (Lipinski definition) is 4. The Kier molecular flexibility index (Phi) is 6.05. The molecule has 0 saturated carbocycles. The van der Waals surface area contributed by atoms with Crippen LogP contribution >= 0.6 is 11.6 Å². The molecule has 3 aromatic rings. The van der Waals surface area contributed by atoms with Crippen LogP contribution < -0.4 is 4.72 Å². The van der Waals surface area contributed by atoms with E-state index in [1.54, 1.807) is 12.1 Å². The minimum atomic E-state index is -4.50. The lowest BCUT2D eigenvalue weighted by Crippen LogP contribution is -2.15. The van der Waals surface area contributed by atoms with Gasteiger partial charge in [-0.05, 0) is 41.3 Å². The van der Waals surface area contributed by atoms with Gasteiger partial charge in [-0.1, -0.05) is 49.7 Å². The topological polar surface area (TPSA) is 72.0 Å². The molecule has 0 atom stereocenters. The third kappa shape index (κ3) is 4.73. The Morgan fingerprint density at radius 1 is 0.967 bits per heavy atom. The lowest BCUT2D eigenvalue weighted by Gasteiger charge is -2.14. The van der Waals surface area contributed by atoms with Crippen molar-refractivity contribution in [2.45, 2.75) is 30.8 Å². The highest BCUT2D eigenvalue weighted by Gasteiger charge is 2.30. The third-order valence-corrected chi connectivity index (χ3v) is 6.03. The molecular formula is C20H17ClF3N3O2S. The first-order valence-corrected chi connectivity index (χ1v) is 10.7. The molecule has 158 valence electrons. The van der Waals surface area contributed by atoms with Crippen molar-refractivity contribution in [1.29, 1.82) is 0 Å². The highest BCUT2D eigenvalue weighted by molar-refractivity contribution is 7.92. The monoisotopic (exact) mass is 455 g/mol. The Bertz CT molecular complexity index is 1150. The van der Waals surface area contributed by atoms with E-state index in [2.05, 4.69) is 14.7 Å². The smallest absolute Gasteiger partial charge is 0.263 e. The molecule has 1 N–H and O–H groups in total. The van der Waals surface area contributed by atoms with Crippen molar-refractivity contribution in [3.05, 3.63) is 71.1 Å². The van der Waals surface area contributed by atoms with Crippen LogP contribution in [0.1, 0.15) is 30.9 Å². The van der Waals surface area contributed by atoms with Gasteiger partial charge in [0.25, 0.3) is 10.0 Å². The number of nitrogens with zero attached hydrogens (tertiary/aromatic N) is 2. The quantitative estimate of drug-likeness (QED) is 0.498. The van der Waals surface area contributed by atoms with Crippen molar-refractivity contribution in [1.82, 2.24) is 9.97 Å². The molecule has 10 heteroatoms. The highest BCUT2D eigenvalue weighted by Crippen LogP contribution is 2.36. The van der Waals surface area contributed by atoms with Gasteiger partial charge in [0, 0.05) is 0 Å². The van der Waals surface area contributed by atoms with Crippen LogP contribution in [0.2, 0.25) is 5.15 Å². The normalized spacial score (nSPS) is 12.2. The van der Waals surface area contributed by atoms with E-state index in [-0.39, 0.29) is 32.9 Å². The van der Waals surface area contributed by atoms with Gasteiger partial charge < -0.3 is 0 Å². The van der Waals surface area contributed by atoms with Crippen LogP contribution in [0.5, 0.6) is 0 Å². The van der Waals surface area contributed by atoms with Gasteiger partial charge in [-0.2, -0.15) is 13.2 Å². The summed E-state index contributed by atoms with van der Waals surface area (Å²) >= 11 is 6.12. The molecule has 2 aromatic carbocycles. The average Bonchev–Trinajstić information content (AvgIpc) is 2.67. The molecule has 0 bridgehead atoms. The number of benzene rings is 2. The van der Waals surface area contributed by atoms with Gasteiger partial charge in [0.2, 0.25) is 0 Å². The summed E-state index contributed by atoms with van der Waals surface area (Å²) in [5, 5.41) is -0.0994. The van der Waals surface area contributed by atoms with Crippen LogP contribution in [-0.4, -0.2) is 18.4 Å². The summed E-state index contributed by atoms with van der Waals surface area (Å²) in [6.07, 6.45) is -3.43. The second-order valence-electron chi connectivity index (χ2n) is 6.79. The molecular weight excluding hydrogens is 439 g/mol. The van der Waals surface area contributed by atoms with Gasteiger partial charge in [-0.25, -0.2) is 18.4 Å². The fourth-order valence-corrected chi connectivity index (χ4v) is 4.01. The van der Waals surface area contributed by atoms with E-state index in [1.807, 2.05) is 13.8 Å². The largest absolute Gasteiger partial charge is 0.416 e. The molecule has 0 aliphatic carbocycles. The first-order chi connectivity index (χ1) is 14.0. The van der Waals surface area contributed by atoms with Crippen LogP contribution in [0.3, 0.4) is 0 Å². The molecule has 0 spiro atoms. The van der Waals surface area contributed by atoms with Crippen molar-refractivity contribution in [2.24, 2.45) is 0 Å². The van der Waals surface area contributed by atoms with Crippen LogP contribution in [-0.2, 0) is 16.2 Å². The van der Waals surface area contributed by atoms with Gasteiger partial charge in [-0.15, -0.1) is 0 Å². The van der Waals surface area contributed by atoms with Crippen molar-refractivity contribution in [2.75, 3.05) is 4.72 Å². The number of sulfonamides is 1. The van der Waals surface area contributed by atoms with Gasteiger partial charge in [0.1, 0.15) is 11.5 Å². The summed E-state index contributed by atoms with van der Waals surface area (Å²) < 4.78 is 66.4. The standard InChI is InChI=1S/C20H17ClF3N3O2S/c1-12(2)13-5-9-16(10-6-13)30(28,29)27-19-17(18(21)25-11-26-19)14-3-7-15(8-4-14)20(22,23)24/h3-12H,1-2H3,(H,25,26,27). The van der Waals surface area contributed by atoms with E-state index in [9.17, 15) is 21.6 Å². The Balaban J connectivity index is 1.99. The number of alkyl halides is 3. The minimum absolute atomic E-state index is 0.0139. The highest BCUT2D eigenvalue weighted by atomic mass is 35.5. The summed E-state index contributed by atoms with van der Waals surface area (Å²) in [7, 11) is -4.01. The Hall–Kier alpha value is -2.65. The summed E-state index contributed by atoms with van der Waals surface area (Å²) in [4.78, 5) is 7.77. The Morgan fingerprint density at radius 2 is 1.57 bits per heavy atom. The number of hydrogen-bond donors (Lipinski definition) is 1. The first kappa shape index (κ1) is 22.0.